The van der Waals surface area contributed by atoms with Gasteiger partial charge in [0, 0.05) is 35.1 Å². The van der Waals surface area contributed by atoms with Gasteiger partial charge in [-0.05, 0) is 103 Å². The van der Waals surface area contributed by atoms with Gasteiger partial charge in [-0.1, -0.05) is 85.6 Å². The number of hydrogen-bond acceptors (Lipinski definition) is 4. The Morgan fingerprint density at radius 2 is 1.43 bits per heavy atom. The highest BCUT2D eigenvalue weighted by molar-refractivity contribution is 7.92. The molecule has 0 unspecified atom stereocenters. The van der Waals surface area contributed by atoms with Crippen molar-refractivity contribution >= 4 is 50.7 Å². The van der Waals surface area contributed by atoms with Crippen LogP contribution in [0.3, 0.4) is 0 Å². The Labute approximate surface area is 301 Å². The zero-order valence-electron chi connectivity index (χ0n) is 28.6. The van der Waals surface area contributed by atoms with Crippen molar-refractivity contribution in [2.24, 2.45) is 23.7 Å². The molecule has 0 heterocycles. The van der Waals surface area contributed by atoms with Crippen molar-refractivity contribution in [3.05, 3.63) is 99.5 Å². The van der Waals surface area contributed by atoms with E-state index in [1.54, 1.807) is 18.2 Å². The highest BCUT2D eigenvalue weighted by Gasteiger charge is 2.51. The summed E-state index contributed by atoms with van der Waals surface area (Å²) in [6.07, 6.45) is 8.97. The first kappa shape index (κ1) is 35.7. The lowest BCUT2D eigenvalue weighted by atomic mass is 9.48. The van der Waals surface area contributed by atoms with Gasteiger partial charge in [-0.15, -0.1) is 0 Å². The molecule has 1 N–H and O–H groups in total. The van der Waals surface area contributed by atoms with E-state index in [1.807, 2.05) is 56.3 Å². The molecule has 0 aromatic heterocycles. The average molecular weight is 725 g/mol. The molecule has 4 aliphatic rings. The number of halogens is 2. The van der Waals surface area contributed by atoms with Crippen LogP contribution in [0.1, 0.15) is 69.1 Å². The van der Waals surface area contributed by atoms with E-state index in [1.165, 1.54) is 49.0 Å². The quantitative estimate of drug-likeness (QED) is 0.196. The topological polar surface area (TPSA) is 86.8 Å². The van der Waals surface area contributed by atoms with E-state index in [0.29, 0.717) is 27.8 Å². The molecular formula is C39H47Cl2N3O4S. The number of rotatable bonds is 13. The van der Waals surface area contributed by atoms with Crippen LogP contribution in [0.4, 0.5) is 5.69 Å². The molecule has 262 valence electrons. The lowest BCUT2D eigenvalue weighted by molar-refractivity contribution is -0.140. The normalized spacial score (nSPS) is 23.3. The summed E-state index contributed by atoms with van der Waals surface area (Å²) < 4.78 is 27.9. The van der Waals surface area contributed by atoms with Crippen LogP contribution in [0, 0.1) is 23.7 Å². The molecule has 4 saturated carbocycles. The fraction of sp³-hybridized carbons (Fsp3) is 0.487. The number of benzene rings is 3. The van der Waals surface area contributed by atoms with E-state index in [0.717, 1.165) is 33.9 Å². The zero-order chi connectivity index (χ0) is 34.9. The number of sulfonamides is 1. The van der Waals surface area contributed by atoms with E-state index in [2.05, 4.69) is 17.4 Å². The Morgan fingerprint density at radius 1 is 0.857 bits per heavy atom. The second-order valence-corrected chi connectivity index (χ2v) is 17.8. The molecule has 3 aromatic carbocycles. The monoisotopic (exact) mass is 723 g/mol. The first-order chi connectivity index (χ1) is 23.3. The smallest absolute Gasteiger partial charge is 0.244 e. The SMILES string of the molecule is CC(C)CNC(=O)[C@@H](Cc1ccccc1)N(Cc1c(Cl)cccc1Cl)C(=O)CN(c1ccc(C23CC4CC(CC(C4)C2)C3)cc1)S(C)(=O)=O. The van der Waals surface area contributed by atoms with Gasteiger partial charge >= 0.3 is 0 Å². The molecule has 4 aliphatic carbocycles. The molecule has 10 heteroatoms. The molecule has 7 rings (SSSR count). The van der Waals surface area contributed by atoms with E-state index in [4.69, 9.17) is 23.2 Å². The third-order valence-corrected chi connectivity index (χ3v) is 12.7. The number of carbonyl (C=O) groups is 2. The van der Waals surface area contributed by atoms with Crippen molar-refractivity contribution in [2.75, 3.05) is 23.7 Å². The summed E-state index contributed by atoms with van der Waals surface area (Å²) in [6, 6.07) is 21.4. The highest BCUT2D eigenvalue weighted by atomic mass is 35.5. The third-order valence-electron chi connectivity index (χ3n) is 10.8. The Morgan fingerprint density at radius 3 is 1.96 bits per heavy atom. The molecule has 2 amide bonds. The van der Waals surface area contributed by atoms with E-state index >= 15 is 0 Å². The number of anilines is 1. The summed E-state index contributed by atoms with van der Waals surface area (Å²) in [6.45, 7) is 3.85. The Hall–Kier alpha value is -3.07. The van der Waals surface area contributed by atoms with Gasteiger partial charge < -0.3 is 10.2 Å². The van der Waals surface area contributed by atoms with Gasteiger partial charge in [-0.3, -0.25) is 13.9 Å². The van der Waals surface area contributed by atoms with Gasteiger partial charge in [-0.2, -0.15) is 0 Å². The van der Waals surface area contributed by atoms with Crippen molar-refractivity contribution in [3.8, 4) is 0 Å². The van der Waals surface area contributed by atoms with Crippen molar-refractivity contribution in [1.29, 1.82) is 0 Å². The van der Waals surface area contributed by atoms with Crippen molar-refractivity contribution in [2.45, 2.75) is 76.8 Å². The minimum atomic E-state index is -3.89. The van der Waals surface area contributed by atoms with E-state index < -0.39 is 28.5 Å². The fourth-order valence-corrected chi connectivity index (χ4v) is 10.3. The summed E-state index contributed by atoms with van der Waals surface area (Å²) in [7, 11) is -3.89. The van der Waals surface area contributed by atoms with Crippen LogP contribution < -0.4 is 9.62 Å². The number of nitrogens with zero attached hydrogens (tertiary/aromatic N) is 2. The molecule has 0 aliphatic heterocycles. The maximum atomic E-state index is 14.5. The standard InChI is InChI=1S/C39H47Cl2N3O4S/c1-26(2)23-42-38(46)36(19-27-8-5-4-6-9-27)43(24-33-34(40)10-7-11-35(33)41)37(45)25-44(49(3,47)48)32-14-12-31(13-15-32)39-20-28-16-29(21-39)18-30(17-28)22-39/h4-15,26,28-30,36H,16-25H2,1-3H3,(H,42,46)/t28?,29?,30?,36-,39?/m1/s1. The lowest BCUT2D eigenvalue weighted by Crippen LogP contribution is -2.53. The maximum absolute atomic E-state index is 14.5. The van der Waals surface area contributed by atoms with E-state index in [-0.39, 0.29) is 30.2 Å². The van der Waals surface area contributed by atoms with E-state index in [9.17, 15) is 18.0 Å². The summed E-state index contributed by atoms with van der Waals surface area (Å²) in [5.74, 6) is 1.68. The number of hydrogen-bond donors (Lipinski definition) is 1. The van der Waals surface area contributed by atoms with Crippen molar-refractivity contribution in [3.63, 3.8) is 0 Å². The predicted molar refractivity (Wildman–Crippen MR) is 197 cm³/mol. The van der Waals surface area contributed by atoms with Crippen molar-refractivity contribution < 1.29 is 18.0 Å². The largest absolute Gasteiger partial charge is 0.354 e. The first-order valence-corrected chi connectivity index (χ1v) is 20.0. The van der Waals surface area contributed by atoms with Crippen LogP contribution in [0.25, 0.3) is 0 Å². The zero-order valence-corrected chi connectivity index (χ0v) is 30.9. The minimum Gasteiger partial charge on any atom is -0.354 e. The molecule has 1 atom stereocenters. The average Bonchev–Trinajstić information content (AvgIpc) is 3.04. The van der Waals surface area contributed by atoms with Gasteiger partial charge in [0.15, 0.2) is 0 Å². The third kappa shape index (κ3) is 8.13. The molecule has 7 nitrogen and oxygen atoms in total. The second-order valence-electron chi connectivity index (χ2n) is 15.1. The fourth-order valence-electron chi connectivity index (χ4n) is 8.89. The van der Waals surface area contributed by atoms with Gasteiger partial charge in [0.1, 0.15) is 12.6 Å². The van der Waals surface area contributed by atoms with Crippen LogP contribution in [-0.4, -0.2) is 50.5 Å². The molecule has 4 bridgehead atoms. The van der Waals surface area contributed by atoms with Crippen LogP contribution >= 0.6 is 23.2 Å². The highest BCUT2D eigenvalue weighted by Crippen LogP contribution is 2.60. The molecule has 0 radical (unpaired) electrons. The van der Waals surface area contributed by atoms with Gasteiger partial charge in [0.25, 0.3) is 0 Å². The Balaban J connectivity index is 1.32. The van der Waals surface area contributed by atoms with Crippen LogP contribution in [-0.2, 0) is 38.0 Å². The lowest BCUT2D eigenvalue weighted by Gasteiger charge is -2.57. The molecule has 49 heavy (non-hydrogen) atoms. The Kier molecular flexibility index (Phi) is 10.7. The number of nitrogens with one attached hydrogen (secondary N) is 1. The molecule has 3 aromatic rings. The molecule has 0 saturated heterocycles. The van der Waals surface area contributed by atoms with Crippen LogP contribution in [0.2, 0.25) is 10.0 Å². The summed E-state index contributed by atoms with van der Waals surface area (Å²) >= 11 is 13.2. The molecule has 0 spiro atoms. The van der Waals surface area contributed by atoms with Crippen molar-refractivity contribution in [1.82, 2.24) is 10.2 Å². The maximum Gasteiger partial charge on any atom is 0.244 e. The first-order valence-electron chi connectivity index (χ1n) is 17.4. The summed E-state index contributed by atoms with van der Waals surface area (Å²) in [4.78, 5) is 29.9. The Bertz CT molecular complexity index is 1710. The summed E-state index contributed by atoms with van der Waals surface area (Å²) in [5.41, 5.74) is 3.20. The van der Waals surface area contributed by atoms with Crippen LogP contribution in [0.15, 0.2) is 72.8 Å². The van der Waals surface area contributed by atoms with Gasteiger partial charge in [0.05, 0.1) is 11.9 Å². The van der Waals surface area contributed by atoms with Crippen LogP contribution in [0.5, 0.6) is 0 Å². The van der Waals surface area contributed by atoms with Gasteiger partial charge in [0.2, 0.25) is 21.8 Å². The second kappa shape index (κ2) is 14.7. The molecular weight excluding hydrogens is 677 g/mol. The van der Waals surface area contributed by atoms with Gasteiger partial charge in [-0.25, -0.2) is 8.42 Å². The predicted octanol–water partition coefficient (Wildman–Crippen LogP) is 7.64. The minimum absolute atomic E-state index is 0.0769. The number of amides is 2. The number of carbonyl (C=O) groups excluding carboxylic acids is 2. The summed E-state index contributed by atoms with van der Waals surface area (Å²) in [5, 5.41) is 3.70. The molecule has 4 fully saturated rings.